The minimum atomic E-state index is -0.648. The molecule has 0 aliphatic carbocycles. The maximum Gasteiger partial charge on any atom is 0.410 e. The van der Waals surface area contributed by atoms with Gasteiger partial charge in [-0.1, -0.05) is 42.5 Å². The predicted molar refractivity (Wildman–Crippen MR) is 109 cm³/mol. The van der Waals surface area contributed by atoms with E-state index in [0.29, 0.717) is 17.7 Å². The van der Waals surface area contributed by atoms with Crippen LogP contribution >= 0.6 is 0 Å². The summed E-state index contributed by atoms with van der Waals surface area (Å²) in [6, 6.07) is 15.8. The summed E-state index contributed by atoms with van der Waals surface area (Å²) >= 11 is 0. The molecule has 0 spiro atoms. The number of benzene rings is 2. The molecule has 0 aromatic heterocycles. The summed E-state index contributed by atoms with van der Waals surface area (Å²) in [7, 11) is 0. The summed E-state index contributed by atoms with van der Waals surface area (Å²) in [6.45, 7) is 7.68. The SMILES string of the molecule is C[C@H](CN(Cc1ccccc1)C(=O)OC(C)(C)C)N1C(=O)c2ccccc2C1=O. The first kappa shape index (κ1) is 20.6. The fourth-order valence-electron chi connectivity index (χ4n) is 3.34. The number of nitrogens with zero attached hydrogens (tertiary/aromatic N) is 2. The molecule has 1 heterocycles. The predicted octanol–water partition coefficient (Wildman–Crippen LogP) is 4.11. The smallest absolute Gasteiger partial charge is 0.410 e. The van der Waals surface area contributed by atoms with E-state index in [1.54, 1.807) is 52.0 Å². The van der Waals surface area contributed by atoms with Gasteiger partial charge in [-0.05, 0) is 45.4 Å². The Bertz CT molecular complexity index is 883. The summed E-state index contributed by atoms with van der Waals surface area (Å²) in [5, 5.41) is 0. The topological polar surface area (TPSA) is 66.9 Å². The highest BCUT2D eigenvalue weighted by molar-refractivity contribution is 6.21. The molecule has 29 heavy (non-hydrogen) atoms. The van der Waals surface area contributed by atoms with Crippen molar-refractivity contribution < 1.29 is 19.1 Å². The number of amides is 3. The fourth-order valence-corrected chi connectivity index (χ4v) is 3.34. The summed E-state index contributed by atoms with van der Waals surface area (Å²) < 4.78 is 5.55. The average molecular weight is 394 g/mol. The molecule has 3 amide bonds. The molecule has 0 N–H and O–H groups in total. The van der Waals surface area contributed by atoms with Gasteiger partial charge in [0.1, 0.15) is 5.60 Å². The Hall–Kier alpha value is -3.15. The van der Waals surface area contributed by atoms with E-state index in [-0.39, 0.29) is 18.4 Å². The Labute approximate surface area is 171 Å². The first-order valence-electron chi connectivity index (χ1n) is 9.66. The Morgan fingerprint density at radius 3 is 2.00 bits per heavy atom. The number of hydrogen-bond acceptors (Lipinski definition) is 4. The maximum atomic E-state index is 12.8. The van der Waals surface area contributed by atoms with Crippen LogP contribution in [0.4, 0.5) is 4.79 Å². The standard InChI is InChI=1S/C23H26N2O4/c1-16(25-20(26)18-12-8-9-13-19(18)21(25)27)14-24(22(28)29-23(2,3)4)15-17-10-6-5-7-11-17/h5-13,16H,14-15H2,1-4H3/t16-/m1/s1. The molecule has 0 radical (unpaired) electrons. The minimum absolute atomic E-state index is 0.176. The molecule has 1 aliphatic rings. The van der Waals surface area contributed by atoms with Crippen molar-refractivity contribution in [1.82, 2.24) is 9.80 Å². The third-order valence-corrected chi connectivity index (χ3v) is 4.62. The Morgan fingerprint density at radius 1 is 0.966 bits per heavy atom. The number of rotatable bonds is 5. The second-order valence-electron chi connectivity index (χ2n) is 8.22. The molecule has 152 valence electrons. The van der Waals surface area contributed by atoms with Gasteiger partial charge in [0.15, 0.2) is 0 Å². The Balaban J connectivity index is 1.81. The number of carbonyl (C=O) groups excluding carboxylic acids is 3. The second kappa shape index (κ2) is 8.07. The van der Waals surface area contributed by atoms with Gasteiger partial charge in [-0.25, -0.2) is 4.79 Å². The van der Waals surface area contributed by atoms with Crippen molar-refractivity contribution in [3.8, 4) is 0 Å². The number of ether oxygens (including phenoxy) is 1. The highest BCUT2D eigenvalue weighted by Crippen LogP contribution is 2.25. The van der Waals surface area contributed by atoms with Gasteiger partial charge in [0.05, 0.1) is 17.2 Å². The van der Waals surface area contributed by atoms with E-state index in [4.69, 9.17) is 4.74 Å². The van der Waals surface area contributed by atoms with E-state index in [1.165, 1.54) is 9.80 Å². The van der Waals surface area contributed by atoms with Crippen LogP contribution < -0.4 is 0 Å². The molecule has 1 aliphatic heterocycles. The van der Waals surface area contributed by atoms with Crippen molar-refractivity contribution in [2.75, 3.05) is 6.54 Å². The van der Waals surface area contributed by atoms with Gasteiger partial charge < -0.3 is 9.64 Å². The van der Waals surface area contributed by atoms with Crippen LogP contribution in [-0.4, -0.2) is 45.9 Å². The van der Waals surface area contributed by atoms with Crippen LogP contribution in [0, 0.1) is 0 Å². The molecule has 2 aromatic carbocycles. The van der Waals surface area contributed by atoms with Crippen LogP contribution in [0.2, 0.25) is 0 Å². The zero-order valence-corrected chi connectivity index (χ0v) is 17.2. The number of carbonyl (C=O) groups is 3. The molecule has 1 atom stereocenters. The third kappa shape index (κ3) is 4.65. The highest BCUT2D eigenvalue weighted by atomic mass is 16.6. The lowest BCUT2D eigenvalue weighted by molar-refractivity contribution is 0.0172. The summed E-state index contributed by atoms with van der Waals surface area (Å²) in [4.78, 5) is 41.1. The van der Waals surface area contributed by atoms with Crippen LogP contribution in [0.5, 0.6) is 0 Å². The summed E-state index contributed by atoms with van der Waals surface area (Å²) in [5.74, 6) is -0.663. The first-order valence-corrected chi connectivity index (χ1v) is 9.66. The van der Waals surface area contributed by atoms with Crippen molar-refractivity contribution in [3.63, 3.8) is 0 Å². The van der Waals surface area contributed by atoms with Gasteiger partial charge in [-0.3, -0.25) is 14.5 Å². The lowest BCUT2D eigenvalue weighted by Gasteiger charge is -2.32. The van der Waals surface area contributed by atoms with E-state index >= 15 is 0 Å². The minimum Gasteiger partial charge on any atom is -0.444 e. The zero-order valence-electron chi connectivity index (χ0n) is 17.2. The second-order valence-corrected chi connectivity index (χ2v) is 8.22. The molecule has 0 saturated carbocycles. The van der Waals surface area contributed by atoms with Gasteiger partial charge in [-0.15, -0.1) is 0 Å². The van der Waals surface area contributed by atoms with E-state index in [2.05, 4.69) is 0 Å². The van der Waals surface area contributed by atoms with E-state index in [9.17, 15) is 14.4 Å². The molecule has 0 fully saturated rings. The Kier molecular flexibility index (Phi) is 5.73. The van der Waals surface area contributed by atoms with Crippen LogP contribution in [0.1, 0.15) is 54.0 Å². The van der Waals surface area contributed by atoms with Crippen LogP contribution in [0.15, 0.2) is 54.6 Å². The van der Waals surface area contributed by atoms with E-state index in [0.717, 1.165) is 5.56 Å². The number of imide groups is 1. The van der Waals surface area contributed by atoms with Crippen molar-refractivity contribution >= 4 is 17.9 Å². The largest absolute Gasteiger partial charge is 0.444 e. The van der Waals surface area contributed by atoms with Crippen LogP contribution in [0.3, 0.4) is 0 Å². The first-order chi connectivity index (χ1) is 13.7. The molecule has 6 heteroatoms. The maximum absolute atomic E-state index is 12.8. The monoisotopic (exact) mass is 394 g/mol. The number of hydrogen-bond donors (Lipinski definition) is 0. The molecule has 3 rings (SSSR count). The normalized spacial score (nSPS) is 14.6. The van der Waals surface area contributed by atoms with Crippen molar-refractivity contribution in [2.45, 2.75) is 45.9 Å². The van der Waals surface area contributed by atoms with Gasteiger partial charge in [-0.2, -0.15) is 0 Å². The molecular formula is C23H26N2O4. The fraction of sp³-hybridized carbons (Fsp3) is 0.348. The van der Waals surface area contributed by atoms with Crippen molar-refractivity contribution in [3.05, 3.63) is 71.3 Å². The lowest BCUT2D eigenvalue weighted by Crippen LogP contribution is -2.47. The van der Waals surface area contributed by atoms with Gasteiger partial charge in [0.2, 0.25) is 0 Å². The van der Waals surface area contributed by atoms with Crippen LogP contribution in [-0.2, 0) is 11.3 Å². The summed E-state index contributed by atoms with van der Waals surface area (Å²) in [5.41, 5.74) is 1.09. The third-order valence-electron chi connectivity index (χ3n) is 4.62. The molecular weight excluding hydrogens is 368 g/mol. The van der Waals surface area contributed by atoms with Crippen molar-refractivity contribution in [1.29, 1.82) is 0 Å². The summed E-state index contributed by atoms with van der Waals surface area (Å²) in [6.07, 6.45) is -0.482. The highest BCUT2D eigenvalue weighted by Gasteiger charge is 2.39. The van der Waals surface area contributed by atoms with Gasteiger partial charge >= 0.3 is 6.09 Å². The molecule has 2 aromatic rings. The average Bonchev–Trinajstić information content (AvgIpc) is 2.92. The number of fused-ring (bicyclic) bond motifs is 1. The Morgan fingerprint density at radius 2 is 1.48 bits per heavy atom. The van der Waals surface area contributed by atoms with Crippen molar-refractivity contribution in [2.24, 2.45) is 0 Å². The quantitative estimate of drug-likeness (QED) is 0.716. The molecule has 6 nitrogen and oxygen atoms in total. The van der Waals surface area contributed by atoms with E-state index in [1.807, 2.05) is 30.3 Å². The van der Waals surface area contributed by atoms with Gasteiger partial charge in [0.25, 0.3) is 11.8 Å². The lowest BCUT2D eigenvalue weighted by atomic mass is 10.1. The molecule has 0 saturated heterocycles. The van der Waals surface area contributed by atoms with Gasteiger partial charge in [0, 0.05) is 13.1 Å². The molecule has 0 unspecified atom stereocenters. The van der Waals surface area contributed by atoms with E-state index < -0.39 is 17.7 Å². The van der Waals surface area contributed by atoms with Crippen LogP contribution in [0.25, 0.3) is 0 Å². The molecule has 0 bridgehead atoms. The zero-order chi connectivity index (χ0) is 21.2.